The number of carbonyl (C=O) groups is 2. The molecule has 5 rings (SSSR count). The number of halogens is 1. The summed E-state index contributed by atoms with van der Waals surface area (Å²) >= 11 is 5.71. The standard InChI is InChI=1S/C29H41ClN6O4S/c1-40-29(38)32-23-9-7-20(8-10-23)25-26(30)34-27(33-25)24-15-22(19-11-13-35(14-12-19)41(2)39)17-36(24)28(37)21-5-3-18(16-31)4-6-21/h7-10,18-19,21-22,24H,3-6,11-17,31H2,1-2H3,(H,32,38)(H,33,34)/t18-,21+,22-,24?,41?/m0/s1. The lowest BCUT2D eigenvalue weighted by molar-refractivity contribution is -0.138. The number of nitrogens with two attached hydrogens (primary N) is 1. The lowest BCUT2D eigenvalue weighted by Crippen LogP contribution is -2.41. The van der Waals surface area contributed by atoms with Crippen molar-refractivity contribution in [2.24, 2.45) is 29.4 Å². The number of benzene rings is 1. The van der Waals surface area contributed by atoms with Gasteiger partial charge in [-0.2, -0.15) is 0 Å². The third-order valence-corrected chi connectivity index (χ3v) is 10.6. The Morgan fingerprint density at radius 1 is 1.15 bits per heavy atom. The summed E-state index contributed by atoms with van der Waals surface area (Å²) in [5.41, 5.74) is 8.03. The van der Waals surface area contributed by atoms with Gasteiger partial charge in [-0.1, -0.05) is 23.7 Å². The van der Waals surface area contributed by atoms with E-state index in [0.29, 0.717) is 53.2 Å². The number of hydrogen-bond donors (Lipinski definition) is 3. The maximum atomic E-state index is 14.0. The van der Waals surface area contributed by atoms with Crippen LogP contribution in [-0.2, 0) is 20.9 Å². The molecule has 0 radical (unpaired) electrons. The molecule has 4 N–H and O–H groups in total. The van der Waals surface area contributed by atoms with Gasteiger partial charge in [0, 0.05) is 48.2 Å². The summed E-state index contributed by atoms with van der Waals surface area (Å²) in [6.45, 7) is 3.04. The van der Waals surface area contributed by atoms with E-state index in [9.17, 15) is 14.1 Å². The summed E-state index contributed by atoms with van der Waals surface area (Å²) in [7, 11) is 1.32. The van der Waals surface area contributed by atoms with Gasteiger partial charge in [0.2, 0.25) is 5.91 Å². The van der Waals surface area contributed by atoms with E-state index >= 15 is 0 Å². The van der Waals surface area contributed by atoms with E-state index in [1.807, 2.05) is 16.4 Å². The fourth-order valence-corrected chi connectivity index (χ4v) is 7.78. The third-order valence-electron chi connectivity index (χ3n) is 9.27. The molecule has 2 amide bonds. The molecule has 10 nitrogen and oxygen atoms in total. The summed E-state index contributed by atoms with van der Waals surface area (Å²) in [6.07, 6.45) is 7.76. The minimum Gasteiger partial charge on any atom is -0.598 e. The Morgan fingerprint density at radius 3 is 2.44 bits per heavy atom. The molecule has 1 aliphatic carbocycles. The molecule has 2 saturated heterocycles. The van der Waals surface area contributed by atoms with Crippen molar-refractivity contribution in [1.29, 1.82) is 0 Å². The van der Waals surface area contributed by atoms with Crippen molar-refractivity contribution in [2.75, 3.05) is 44.9 Å². The van der Waals surface area contributed by atoms with E-state index in [-0.39, 0.29) is 17.9 Å². The maximum absolute atomic E-state index is 14.0. The quantitative estimate of drug-likeness (QED) is 0.393. The Kier molecular flexibility index (Phi) is 9.81. The van der Waals surface area contributed by atoms with E-state index in [0.717, 1.165) is 63.6 Å². The number of hydrogen-bond acceptors (Lipinski definition) is 7. The number of rotatable bonds is 7. The molecule has 2 aliphatic heterocycles. The van der Waals surface area contributed by atoms with Gasteiger partial charge in [-0.25, -0.2) is 9.78 Å². The van der Waals surface area contributed by atoms with Crippen molar-refractivity contribution < 1.29 is 18.9 Å². The zero-order chi connectivity index (χ0) is 29.1. The van der Waals surface area contributed by atoms with Gasteiger partial charge in [0.05, 0.1) is 18.8 Å². The normalized spacial score (nSPS) is 26.6. The first-order chi connectivity index (χ1) is 19.8. The molecule has 0 bridgehead atoms. The highest BCUT2D eigenvalue weighted by molar-refractivity contribution is 7.88. The van der Waals surface area contributed by atoms with Crippen molar-refractivity contribution in [2.45, 2.75) is 51.0 Å². The minimum absolute atomic E-state index is 0.0168. The zero-order valence-corrected chi connectivity index (χ0v) is 25.4. The predicted octanol–water partition coefficient (Wildman–Crippen LogP) is 4.57. The van der Waals surface area contributed by atoms with Crippen LogP contribution in [0.3, 0.4) is 0 Å². The number of carbonyl (C=O) groups excluding carboxylic acids is 2. The molecule has 3 aliphatic rings. The first-order valence-electron chi connectivity index (χ1n) is 14.6. The van der Waals surface area contributed by atoms with E-state index < -0.39 is 17.5 Å². The highest BCUT2D eigenvalue weighted by atomic mass is 35.5. The Morgan fingerprint density at radius 2 is 1.83 bits per heavy atom. The number of amides is 2. The van der Waals surface area contributed by atoms with Crippen LogP contribution in [-0.4, -0.2) is 75.3 Å². The molecule has 2 unspecified atom stereocenters. The van der Waals surface area contributed by atoms with Crippen molar-refractivity contribution >= 4 is 40.7 Å². The van der Waals surface area contributed by atoms with Gasteiger partial charge in [-0.15, -0.1) is 4.31 Å². The molecule has 12 heteroatoms. The molecule has 1 aromatic carbocycles. The molecule has 1 aromatic heterocycles. The molecule has 2 aromatic rings. The number of nitrogens with one attached hydrogen (secondary N) is 2. The second-order valence-corrected chi connectivity index (χ2v) is 13.3. The first-order valence-corrected chi connectivity index (χ1v) is 16.5. The summed E-state index contributed by atoms with van der Waals surface area (Å²) < 4.78 is 18.7. The molecule has 3 heterocycles. The van der Waals surface area contributed by atoms with Crippen LogP contribution in [0.15, 0.2) is 24.3 Å². The highest BCUT2D eigenvalue weighted by Crippen LogP contribution is 2.44. The Bertz CT molecular complexity index is 1190. The van der Waals surface area contributed by atoms with Gasteiger partial charge in [-0.05, 0) is 81.4 Å². The topological polar surface area (TPSA) is 140 Å². The van der Waals surface area contributed by atoms with Crippen LogP contribution >= 0.6 is 11.6 Å². The fourth-order valence-electron chi connectivity index (χ4n) is 6.80. The number of ether oxygens (including phenoxy) is 1. The number of piperidine rings is 1. The third kappa shape index (κ3) is 6.85. The average molecular weight is 605 g/mol. The highest BCUT2D eigenvalue weighted by Gasteiger charge is 2.44. The lowest BCUT2D eigenvalue weighted by atomic mass is 9.81. The van der Waals surface area contributed by atoms with Crippen LogP contribution < -0.4 is 11.1 Å². The Hall–Kier alpha value is -2.31. The maximum Gasteiger partial charge on any atom is 0.411 e. The van der Waals surface area contributed by atoms with Crippen molar-refractivity contribution in [3.8, 4) is 11.3 Å². The van der Waals surface area contributed by atoms with Crippen LogP contribution in [0.1, 0.15) is 56.8 Å². The van der Waals surface area contributed by atoms with Gasteiger partial charge in [0.25, 0.3) is 0 Å². The number of methoxy groups -OCH3 is 1. The van der Waals surface area contributed by atoms with Gasteiger partial charge in [-0.3, -0.25) is 10.1 Å². The number of nitrogens with zero attached hydrogens (tertiary/aromatic N) is 3. The lowest BCUT2D eigenvalue weighted by Gasteiger charge is -2.34. The second-order valence-electron chi connectivity index (χ2n) is 11.6. The number of aromatic amines is 1. The average Bonchev–Trinajstić information content (AvgIpc) is 3.61. The number of imidazole rings is 1. The molecule has 3 atom stereocenters. The first kappa shape index (κ1) is 30.2. The van der Waals surface area contributed by atoms with Crippen LogP contribution in [0.5, 0.6) is 0 Å². The van der Waals surface area contributed by atoms with Crippen molar-refractivity contribution in [1.82, 2.24) is 19.2 Å². The molecule has 41 heavy (non-hydrogen) atoms. The van der Waals surface area contributed by atoms with Crippen LogP contribution in [0, 0.1) is 23.7 Å². The molecule has 3 fully saturated rings. The number of likely N-dealkylation sites (tertiary alicyclic amines) is 1. The molecule has 224 valence electrons. The second kappa shape index (κ2) is 13.3. The number of aromatic nitrogens is 2. The van der Waals surface area contributed by atoms with Gasteiger partial charge < -0.3 is 24.9 Å². The monoisotopic (exact) mass is 604 g/mol. The minimum atomic E-state index is -0.947. The molecular weight excluding hydrogens is 564 g/mol. The molecule has 0 spiro atoms. The van der Waals surface area contributed by atoms with Gasteiger partial charge in [0.15, 0.2) is 5.15 Å². The number of anilines is 1. The van der Waals surface area contributed by atoms with E-state index in [2.05, 4.69) is 19.9 Å². The molecular formula is C29H41ClN6O4S. The van der Waals surface area contributed by atoms with E-state index in [1.165, 1.54) is 7.11 Å². The zero-order valence-electron chi connectivity index (χ0n) is 23.8. The summed E-state index contributed by atoms with van der Waals surface area (Å²) in [6, 6.07) is 7.09. The predicted molar refractivity (Wildman–Crippen MR) is 160 cm³/mol. The van der Waals surface area contributed by atoms with Crippen LogP contribution in [0.4, 0.5) is 10.5 Å². The van der Waals surface area contributed by atoms with Crippen LogP contribution in [0.2, 0.25) is 5.15 Å². The largest absolute Gasteiger partial charge is 0.598 e. The number of H-pyrrole nitrogens is 1. The SMILES string of the molecule is COC(=O)Nc1ccc(-c2[nH]c(C3C[C@H](C4CCN([S+](C)[O-])CC4)CN3C(=O)[C@H]3CC[C@@H](CN)CC3)nc2Cl)cc1. The Labute approximate surface area is 250 Å². The van der Waals surface area contributed by atoms with Crippen LogP contribution in [0.25, 0.3) is 11.3 Å². The fraction of sp³-hybridized carbons (Fsp3) is 0.621. The Balaban J connectivity index is 1.36. The summed E-state index contributed by atoms with van der Waals surface area (Å²) in [5, 5.41) is 3.00. The smallest absolute Gasteiger partial charge is 0.411 e. The molecule has 1 saturated carbocycles. The van der Waals surface area contributed by atoms with Crippen molar-refractivity contribution in [3.63, 3.8) is 0 Å². The van der Waals surface area contributed by atoms with E-state index in [1.54, 1.807) is 18.4 Å². The van der Waals surface area contributed by atoms with E-state index in [4.69, 9.17) is 22.3 Å². The van der Waals surface area contributed by atoms with Crippen molar-refractivity contribution in [3.05, 3.63) is 35.2 Å². The summed E-state index contributed by atoms with van der Waals surface area (Å²) in [4.78, 5) is 35.8. The van der Waals surface area contributed by atoms with Gasteiger partial charge >= 0.3 is 6.09 Å². The summed E-state index contributed by atoms with van der Waals surface area (Å²) in [5.74, 6) is 2.28. The van der Waals surface area contributed by atoms with Gasteiger partial charge in [0.1, 0.15) is 12.1 Å².